The molecule has 26 heavy (non-hydrogen) atoms. The Morgan fingerprint density at radius 1 is 0.846 bits per heavy atom. The lowest BCUT2D eigenvalue weighted by atomic mass is 10.2. The molecule has 0 aliphatic carbocycles. The number of rotatable bonds is 7. The van der Waals surface area contributed by atoms with Gasteiger partial charge in [0.1, 0.15) is 5.75 Å². The van der Waals surface area contributed by atoms with Crippen molar-refractivity contribution in [3.63, 3.8) is 0 Å². The maximum Gasteiger partial charge on any atom is 0.262 e. The first-order chi connectivity index (χ1) is 12.7. The van der Waals surface area contributed by atoms with Crippen molar-refractivity contribution >= 4 is 17.3 Å². The minimum atomic E-state index is -0.177. The van der Waals surface area contributed by atoms with Gasteiger partial charge in [-0.1, -0.05) is 48.0 Å². The SMILES string of the molecule is Cc1ccc(NC(=O)COc2ccc(CNc3ccccc3)cc2)cc1. The Morgan fingerprint density at radius 3 is 2.23 bits per heavy atom. The molecule has 0 radical (unpaired) electrons. The van der Waals surface area contributed by atoms with Gasteiger partial charge in [-0.15, -0.1) is 0 Å². The number of aryl methyl sites for hydroxylation is 1. The highest BCUT2D eigenvalue weighted by atomic mass is 16.5. The van der Waals surface area contributed by atoms with Crippen LogP contribution in [0.25, 0.3) is 0 Å². The third kappa shape index (κ3) is 5.38. The fraction of sp³-hybridized carbons (Fsp3) is 0.136. The molecule has 3 aromatic rings. The zero-order valence-corrected chi connectivity index (χ0v) is 14.7. The lowest BCUT2D eigenvalue weighted by Crippen LogP contribution is -2.20. The van der Waals surface area contributed by atoms with E-state index in [1.165, 1.54) is 0 Å². The molecular weight excluding hydrogens is 324 g/mol. The van der Waals surface area contributed by atoms with Gasteiger partial charge in [0, 0.05) is 17.9 Å². The second kappa shape index (κ2) is 8.72. The van der Waals surface area contributed by atoms with Crippen LogP contribution in [-0.4, -0.2) is 12.5 Å². The molecule has 0 atom stereocenters. The van der Waals surface area contributed by atoms with Crippen molar-refractivity contribution in [2.45, 2.75) is 13.5 Å². The first-order valence-electron chi connectivity index (χ1n) is 8.56. The van der Waals surface area contributed by atoms with E-state index >= 15 is 0 Å². The van der Waals surface area contributed by atoms with E-state index in [1.807, 2.05) is 85.8 Å². The highest BCUT2D eigenvalue weighted by molar-refractivity contribution is 5.91. The molecule has 0 saturated carbocycles. The molecule has 4 nitrogen and oxygen atoms in total. The highest BCUT2D eigenvalue weighted by Gasteiger charge is 2.04. The summed E-state index contributed by atoms with van der Waals surface area (Å²) >= 11 is 0. The summed E-state index contributed by atoms with van der Waals surface area (Å²) in [5.74, 6) is 0.496. The topological polar surface area (TPSA) is 50.4 Å². The van der Waals surface area contributed by atoms with Crippen LogP contribution >= 0.6 is 0 Å². The fourth-order valence-corrected chi connectivity index (χ4v) is 2.45. The number of nitrogens with one attached hydrogen (secondary N) is 2. The van der Waals surface area contributed by atoms with Gasteiger partial charge in [-0.2, -0.15) is 0 Å². The molecule has 1 amide bonds. The van der Waals surface area contributed by atoms with Gasteiger partial charge in [0.05, 0.1) is 0 Å². The standard InChI is InChI=1S/C22H22N2O2/c1-17-7-11-20(12-8-17)24-22(25)16-26-21-13-9-18(10-14-21)15-23-19-5-3-2-4-6-19/h2-14,23H,15-16H2,1H3,(H,24,25). The number of amides is 1. The van der Waals surface area contributed by atoms with E-state index in [4.69, 9.17) is 4.74 Å². The lowest BCUT2D eigenvalue weighted by Gasteiger charge is -2.09. The molecule has 0 bridgehead atoms. The van der Waals surface area contributed by atoms with Crippen LogP contribution in [-0.2, 0) is 11.3 Å². The van der Waals surface area contributed by atoms with E-state index in [2.05, 4.69) is 10.6 Å². The van der Waals surface area contributed by atoms with Gasteiger partial charge in [0.25, 0.3) is 5.91 Å². The molecule has 2 N–H and O–H groups in total. The van der Waals surface area contributed by atoms with Gasteiger partial charge in [-0.05, 0) is 48.9 Å². The van der Waals surface area contributed by atoms with Crippen LogP contribution in [0.4, 0.5) is 11.4 Å². The van der Waals surface area contributed by atoms with Crippen LogP contribution in [0.3, 0.4) is 0 Å². The molecule has 0 saturated heterocycles. The fourth-order valence-electron chi connectivity index (χ4n) is 2.45. The predicted octanol–water partition coefficient (Wildman–Crippen LogP) is 4.62. The van der Waals surface area contributed by atoms with Crippen LogP contribution in [0.1, 0.15) is 11.1 Å². The summed E-state index contributed by atoms with van der Waals surface area (Å²) in [6.07, 6.45) is 0. The molecule has 0 heterocycles. The normalized spacial score (nSPS) is 10.2. The maximum absolute atomic E-state index is 12.0. The quantitative estimate of drug-likeness (QED) is 0.656. The predicted molar refractivity (Wildman–Crippen MR) is 106 cm³/mol. The second-order valence-corrected chi connectivity index (χ2v) is 6.07. The summed E-state index contributed by atoms with van der Waals surface area (Å²) in [7, 11) is 0. The van der Waals surface area contributed by atoms with Crippen LogP contribution in [0.5, 0.6) is 5.75 Å². The van der Waals surface area contributed by atoms with Gasteiger partial charge in [0.2, 0.25) is 0 Å². The van der Waals surface area contributed by atoms with Crippen molar-refractivity contribution in [3.05, 3.63) is 90.0 Å². The average Bonchev–Trinajstić information content (AvgIpc) is 2.68. The van der Waals surface area contributed by atoms with Crippen molar-refractivity contribution in [2.24, 2.45) is 0 Å². The van der Waals surface area contributed by atoms with E-state index in [1.54, 1.807) is 0 Å². The van der Waals surface area contributed by atoms with E-state index in [-0.39, 0.29) is 12.5 Å². The van der Waals surface area contributed by atoms with Gasteiger partial charge < -0.3 is 15.4 Å². The summed E-state index contributed by atoms with van der Waals surface area (Å²) < 4.78 is 5.55. The average molecular weight is 346 g/mol. The zero-order valence-electron chi connectivity index (χ0n) is 14.7. The summed E-state index contributed by atoms with van der Waals surface area (Å²) in [5, 5.41) is 6.17. The molecule has 132 valence electrons. The molecule has 0 spiro atoms. The van der Waals surface area contributed by atoms with Crippen LogP contribution in [0.2, 0.25) is 0 Å². The Hall–Kier alpha value is -3.27. The molecule has 0 aliphatic rings. The minimum absolute atomic E-state index is 0.0184. The third-order valence-corrected chi connectivity index (χ3v) is 3.90. The van der Waals surface area contributed by atoms with Crippen molar-refractivity contribution in [1.29, 1.82) is 0 Å². The van der Waals surface area contributed by atoms with Crippen molar-refractivity contribution in [1.82, 2.24) is 0 Å². The Balaban J connectivity index is 1.45. The molecule has 0 aliphatic heterocycles. The van der Waals surface area contributed by atoms with Gasteiger partial charge in [0.15, 0.2) is 6.61 Å². The monoisotopic (exact) mass is 346 g/mol. The number of carbonyl (C=O) groups is 1. The second-order valence-electron chi connectivity index (χ2n) is 6.07. The van der Waals surface area contributed by atoms with Crippen LogP contribution in [0, 0.1) is 6.92 Å². The van der Waals surface area contributed by atoms with Crippen molar-refractivity contribution in [3.8, 4) is 5.75 Å². The van der Waals surface area contributed by atoms with Crippen molar-refractivity contribution < 1.29 is 9.53 Å². The number of ether oxygens (including phenoxy) is 1. The molecule has 0 fully saturated rings. The molecule has 4 heteroatoms. The zero-order chi connectivity index (χ0) is 18.2. The number of carbonyl (C=O) groups excluding carboxylic acids is 1. The number of para-hydroxylation sites is 1. The first-order valence-corrected chi connectivity index (χ1v) is 8.56. The summed E-state index contributed by atoms with van der Waals surface area (Å²) in [5.41, 5.74) is 4.15. The molecule has 3 rings (SSSR count). The Kier molecular flexibility index (Phi) is 5.88. The minimum Gasteiger partial charge on any atom is -0.484 e. The third-order valence-electron chi connectivity index (χ3n) is 3.90. The Labute approximate surface area is 153 Å². The molecule has 0 aromatic heterocycles. The molecule has 0 unspecified atom stereocenters. The highest BCUT2D eigenvalue weighted by Crippen LogP contribution is 2.14. The van der Waals surface area contributed by atoms with E-state index in [0.29, 0.717) is 5.75 Å². The van der Waals surface area contributed by atoms with Crippen LogP contribution < -0.4 is 15.4 Å². The summed E-state index contributed by atoms with van der Waals surface area (Å²) in [6.45, 7) is 2.72. The Bertz CT molecular complexity index is 828. The van der Waals surface area contributed by atoms with Crippen molar-refractivity contribution in [2.75, 3.05) is 17.2 Å². The summed E-state index contributed by atoms with van der Waals surface area (Å²) in [4.78, 5) is 12.0. The van der Waals surface area contributed by atoms with Gasteiger partial charge in [-0.3, -0.25) is 4.79 Å². The van der Waals surface area contributed by atoms with Gasteiger partial charge in [-0.25, -0.2) is 0 Å². The first kappa shape index (κ1) is 17.5. The largest absolute Gasteiger partial charge is 0.484 e. The molecule has 3 aromatic carbocycles. The number of hydrogen-bond donors (Lipinski definition) is 2. The number of benzene rings is 3. The summed E-state index contributed by atoms with van der Waals surface area (Å²) in [6, 6.07) is 25.5. The molecular formula is C22H22N2O2. The maximum atomic E-state index is 12.0. The van der Waals surface area contributed by atoms with E-state index in [9.17, 15) is 4.79 Å². The lowest BCUT2D eigenvalue weighted by molar-refractivity contribution is -0.118. The number of anilines is 2. The van der Waals surface area contributed by atoms with Gasteiger partial charge >= 0.3 is 0 Å². The Morgan fingerprint density at radius 2 is 1.54 bits per heavy atom. The smallest absolute Gasteiger partial charge is 0.262 e. The number of hydrogen-bond acceptors (Lipinski definition) is 3. The van der Waals surface area contributed by atoms with E-state index in [0.717, 1.165) is 29.0 Å². The van der Waals surface area contributed by atoms with E-state index < -0.39 is 0 Å². The van der Waals surface area contributed by atoms with Crippen LogP contribution in [0.15, 0.2) is 78.9 Å².